The van der Waals surface area contributed by atoms with Crippen LogP contribution in [0.1, 0.15) is 47.4 Å². The second kappa shape index (κ2) is 8.92. The lowest BCUT2D eigenvalue weighted by Crippen LogP contribution is -2.13. The van der Waals surface area contributed by atoms with Crippen LogP contribution in [0.4, 0.5) is 0 Å². The molecule has 6 nitrogen and oxygen atoms in total. The van der Waals surface area contributed by atoms with Gasteiger partial charge in [0.25, 0.3) is 0 Å². The van der Waals surface area contributed by atoms with Crippen LogP contribution in [0.25, 0.3) is 11.3 Å². The Morgan fingerprint density at radius 1 is 1.00 bits per heavy atom. The summed E-state index contributed by atoms with van der Waals surface area (Å²) in [5, 5.41) is 0. The van der Waals surface area contributed by atoms with Gasteiger partial charge in [-0.05, 0) is 25.0 Å². The molecule has 2 aromatic rings. The molecule has 1 aromatic heterocycles. The van der Waals surface area contributed by atoms with Crippen molar-refractivity contribution in [1.29, 1.82) is 0 Å². The molecule has 2 rings (SSSR count). The Balaban J connectivity index is 2.51. The summed E-state index contributed by atoms with van der Waals surface area (Å²) in [6.07, 6.45) is 2.57. The van der Waals surface area contributed by atoms with Gasteiger partial charge in [-0.1, -0.05) is 26.0 Å². The fourth-order valence-corrected chi connectivity index (χ4v) is 2.28. The molecule has 0 aliphatic rings. The van der Waals surface area contributed by atoms with E-state index in [-0.39, 0.29) is 30.1 Å². The van der Waals surface area contributed by atoms with E-state index < -0.39 is 11.9 Å². The Morgan fingerprint density at radius 2 is 1.64 bits per heavy atom. The van der Waals surface area contributed by atoms with E-state index >= 15 is 0 Å². The van der Waals surface area contributed by atoms with Crippen LogP contribution in [0.15, 0.2) is 34.9 Å². The number of esters is 2. The van der Waals surface area contributed by atoms with E-state index in [1.54, 1.807) is 24.3 Å². The lowest BCUT2D eigenvalue weighted by Gasteiger charge is -2.09. The van der Waals surface area contributed by atoms with Crippen molar-refractivity contribution in [2.24, 2.45) is 0 Å². The SMILES string of the molecule is CCCOC(=O)c1coc(-c2ccccc2OC)c1C(=O)OCCC. The maximum absolute atomic E-state index is 12.5. The lowest BCUT2D eigenvalue weighted by atomic mass is 10.0. The molecule has 0 aliphatic carbocycles. The molecule has 0 atom stereocenters. The molecule has 6 heteroatoms. The molecule has 0 fully saturated rings. The predicted molar refractivity (Wildman–Crippen MR) is 91.8 cm³/mol. The van der Waals surface area contributed by atoms with E-state index in [0.29, 0.717) is 24.2 Å². The van der Waals surface area contributed by atoms with Gasteiger partial charge in [0.2, 0.25) is 0 Å². The molecule has 25 heavy (non-hydrogen) atoms. The summed E-state index contributed by atoms with van der Waals surface area (Å²) in [6.45, 7) is 4.29. The average Bonchev–Trinajstić information content (AvgIpc) is 3.09. The van der Waals surface area contributed by atoms with Gasteiger partial charge in [-0.25, -0.2) is 9.59 Å². The molecule has 0 aliphatic heterocycles. The first-order valence-corrected chi connectivity index (χ1v) is 8.23. The minimum Gasteiger partial charge on any atom is -0.496 e. The predicted octanol–water partition coefficient (Wildman–Crippen LogP) is 4.09. The lowest BCUT2D eigenvalue weighted by molar-refractivity contribution is 0.0460. The van der Waals surface area contributed by atoms with Crippen molar-refractivity contribution in [3.63, 3.8) is 0 Å². The quantitative estimate of drug-likeness (QED) is 0.670. The summed E-state index contributed by atoms with van der Waals surface area (Å²) in [4.78, 5) is 24.8. The van der Waals surface area contributed by atoms with Gasteiger partial charge in [0.05, 0.1) is 25.9 Å². The van der Waals surface area contributed by atoms with Crippen LogP contribution >= 0.6 is 0 Å². The Kier molecular flexibility index (Phi) is 6.62. The topological polar surface area (TPSA) is 75.0 Å². The van der Waals surface area contributed by atoms with E-state index in [1.165, 1.54) is 13.4 Å². The van der Waals surface area contributed by atoms with E-state index in [9.17, 15) is 9.59 Å². The van der Waals surface area contributed by atoms with Gasteiger partial charge in [0, 0.05) is 0 Å². The Bertz CT molecular complexity index is 731. The number of ether oxygens (including phenoxy) is 3. The highest BCUT2D eigenvalue weighted by Crippen LogP contribution is 2.35. The number of furan rings is 1. The smallest absolute Gasteiger partial charge is 0.342 e. The van der Waals surface area contributed by atoms with Crippen LogP contribution in [0.2, 0.25) is 0 Å². The van der Waals surface area contributed by atoms with Gasteiger partial charge in [0.15, 0.2) is 5.76 Å². The van der Waals surface area contributed by atoms with Gasteiger partial charge in [-0.15, -0.1) is 0 Å². The van der Waals surface area contributed by atoms with Gasteiger partial charge in [0.1, 0.15) is 23.1 Å². The monoisotopic (exact) mass is 346 g/mol. The molecule has 1 aromatic carbocycles. The van der Waals surface area contributed by atoms with Crippen molar-refractivity contribution in [3.05, 3.63) is 41.7 Å². The molecule has 0 N–H and O–H groups in total. The fourth-order valence-electron chi connectivity index (χ4n) is 2.28. The summed E-state index contributed by atoms with van der Waals surface area (Å²) >= 11 is 0. The zero-order valence-corrected chi connectivity index (χ0v) is 14.7. The van der Waals surface area contributed by atoms with Crippen LogP contribution in [-0.2, 0) is 9.47 Å². The Labute approximate surface area is 146 Å². The number of methoxy groups -OCH3 is 1. The van der Waals surface area contributed by atoms with Crippen molar-refractivity contribution in [1.82, 2.24) is 0 Å². The van der Waals surface area contributed by atoms with Gasteiger partial charge in [-0.2, -0.15) is 0 Å². The van der Waals surface area contributed by atoms with Crippen LogP contribution in [0, 0.1) is 0 Å². The number of carbonyl (C=O) groups is 2. The standard InChI is InChI=1S/C19H22O6/c1-4-10-23-18(20)14-12-25-17(16(14)19(21)24-11-5-2)13-8-6-7-9-15(13)22-3/h6-9,12H,4-5,10-11H2,1-3H3. The first-order valence-electron chi connectivity index (χ1n) is 8.23. The van der Waals surface area contributed by atoms with Crippen molar-refractivity contribution >= 4 is 11.9 Å². The van der Waals surface area contributed by atoms with E-state index in [2.05, 4.69) is 0 Å². The van der Waals surface area contributed by atoms with Gasteiger partial charge < -0.3 is 18.6 Å². The van der Waals surface area contributed by atoms with Crippen molar-refractivity contribution in [2.45, 2.75) is 26.7 Å². The zero-order valence-electron chi connectivity index (χ0n) is 14.7. The molecule has 0 saturated heterocycles. The van der Waals surface area contributed by atoms with Crippen LogP contribution < -0.4 is 4.74 Å². The minimum atomic E-state index is -0.625. The molecule has 0 radical (unpaired) electrons. The largest absolute Gasteiger partial charge is 0.496 e. The minimum absolute atomic E-state index is 0.0514. The Morgan fingerprint density at radius 3 is 2.28 bits per heavy atom. The molecular formula is C19H22O6. The number of para-hydroxylation sites is 1. The van der Waals surface area contributed by atoms with Crippen LogP contribution in [0.5, 0.6) is 5.75 Å². The summed E-state index contributed by atoms with van der Waals surface area (Å²) in [5.74, 6) is -0.494. The molecular weight excluding hydrogens is 324 g/mol. The van der Waals surface area contributed by atoms with Crippen LogP contribution in [0.3, 0.4) is 0 Å². The first-order chi connectivity index (χ1) is 12.1. The zero-order chi connectivity index (χ0) is 18.2. The number of benzene rings is 1. The molecule has 0 saturated carbocycles. The summed E-state index contributed by atoms with van der Waals surface area (Å²) in [5.41, 5.74) is 0.664. The highest BCUT2D eigenvalue weighted by Gasteiger charge is 2.29. The van der Waals surface area contributed by atoms with Crippen molar-refractivity contribution in [3.8, 4) is 17.1 Å². The second-order valence-corrected chi connectivity index (χ2v) is 5.33. The third-order valence-corrected chi connectivity index (χ3v) is 3.44. The van der Waals surface area contributed by atoms with E-state index in [0.717, 1.165) is 0 Å². The summed E-state index contributed by atoms with van der Waals surface area (Å²) in [7, 11) is 1.52. The van der Waals surface area contributed by atoms with Gasteiger partial charge >= 0.3 is 11.9 Å². The summed E-state index contributed by atoms with van der Waals surface area (Å²) < 4.78 is 21.2. The summed E-state index contributed by atoms with van der Waals surface area (Å²) in [6, 6.07) is 7.08. The normalized spacial score (nSPS) is 10.4. The molecule has 1 heterocycles. The van der Waals surface area contributed by atoms with Crippen molar-refractivity contribution < 1.29 is 28.2 Å². The van der Waals surface area contributed by atoms with Crippen LogP contribution in [-0.4, -0.2) is 32.3 Å². The number of hydrogen-bond donors (Lipinski definition) is 0. The molecule has 134 valence electrons. The molecule has 0 unspecified atom stereocenters. The third kappa shape index (κ3) is 4.21. The average molecular weight is 346 g/mol. The van der Waals surface area contributed by atoms with Gasteiger partial charge in [-0.3, -0.25) is 0 Å². The maximum atomic E-state index is 12.5. The number of hydrogen-bond acceptors (Lipinski definition) is 6. The number of rotatable bonds is 8. The molecule has 0 spiro atoms. The first kappa shape index (κ1) is 18.6. The van der Waals surface area contributed by atoms with E-state index in [1.807, 2.05) is 13.8 Å². The van der Waals surface area contributed by atoms with Crippen molar-refractivity contribution in [2.75, 3.05) is 20.3 Å². The molecule has 0 bridgehead atoms. The Hall–Kier alpha value is -2.76. The maximum Gasteiger partial charge on any atom is 0.342 e. The molecule has 0 amide bonds. The highest BCUT2D eigenvalue weighted by atomic mass is 16.5. The second-order valence-electron chi connectivity index (χ2n) is 5.33. The fraction of sp³-hybridized carbons (Fsp3) is 0.368. The highest BCUT2D eigenvalue weighted by molar-refractivity contribution is 6.07. The number of carbonyl (C=O) groups excluding carboxylic acids is 2. The van der Waals surface area contributed by atoms with E-state index in [4.69, 9.17) is 18.6 Å². The third-order valence-electron chi connectivity index (χ3n) is 3.44.